The lowest BCUT2D eigenvalue weighted by Crippen LogP contribution is -2.50. The molecule has 1 N–H and O–H groups in total. The number of carbonyl (C=O) groups is 1. The molecule has 1 aliphatic rings. The Morgan fingerprint density at radius 2 is 2.50 bits per heavy atom. The Kier molecular flexibility index (Phi) is 3.62. The summed E-state index contributed by atoms with van der Waals surface area (Å²) in [4.78, 5) is 12.4. The molecule has 3 heterocycles. The predicted octanol–water partition coefficient (Wildman–Crippen LogP) is 0.263. The van der Waals surface area contributed by atoms with Gasteiger partial charge in [-0.05, 0) is 18.6 Å². The predicted molar refractivity (Wildman–Crippen MR) is 70.5 cm³/mol. The highest BCUT2D eigenvalue weighted by Crippen LogP contribution is 2.13. The molecule has 20 heavy (non-hydrogen) atoms. The van der Waals surface area contributed by atoms with E-state index >= 15 is 0 Å². The van der Waals surface area contributed by atoms with Crippen LogP contribution in [0, 0.1) is 0 Å². The van der Waals surface area contributed by atoms with Gasteiger partial charge in [0, 0.05) is 19.9 Å². The topological polar surface area (TPSA) is 77.8 Å². The first kappa shape index (κ1) is 13.0. The smallest absolute Gasteiger partial charge is 0.255 e. The van der Waals surface area contributed by atoms with Crippen LogP contribution >= 0.6 is 0 Å². The Labute approximate surface area is 115 Å². The number of nitrogens with one attached hydrogen (secondary N) is 1. The van der Waals surface area contributed by atoms with Crippen molar-refractivity contribution in [3.63, 3.8) is 0 Å². The van der Waals surface area contributed by atoms with Crippen LogP contribution in [0.15, 0.2) is 24.7 Å². The average Bonchev–Trinajstić information content (AvgIpc) is 2.96. The fraction of sp³-hybridized carbons (Fsp3) is 0.462. The molecule has 7 heteroatoms. The van der Waals surface area contributed by atoms with Crippen LogP contribution in [0.5, 0.6) is 0 Å². The van der Waals surface area contributed by atoms with Crippen molar-refractivity contribution >= 4 is 11.6 Å². The molecule has 0 saturated carbocycles. The molecule has 0 aliphatic carbocycles. The zero-order valence-corrected chi connectivity index (χ0v) is 11.2. The monoisotopic (exact) mass is 276 g/mol. The highest BCUT2D eigenvalue weighted by atomic mass is 16.5. The maximum Gasteiger partial charge on any atom is 0.255 e. The molecule has 1 aliphatic heterocycles. The van der Waals surface area contributed by atoms with Crippen LogP contribution in [0.25, 0.3) is 5.65 Å². The van der Waals surface area contributed by atoms with E-state index < -0.39 is 0 Å². The fourth-order valence-corrected chi connectivity index (χ4v) is 2.41. The Bertz CT molecular complexity index is 612. The first-order valence-electron chi connectivity index (χ1n) is 6.49. The minimum atomic E-state index is -0.193. The molecular formula is C13H16N4O3. The van der Waals surface area contributed by atoms with Gasteiger partial charge in [0.25, 0.3) is 5.91 Å². The van der Waals surface area contributed by atoms with Crippen molar-refractivity contribution in [2.24, 2.45) is 0 Å². The van der Waals surface area contributed by atoms with E-state index in [1.165, 1.54) is 0 Å². The number of hydrogen-bond acceptors (Lipinski definition) is 5. The third-order valence-corrected chi connectivity index (χ3v) is 3.48. The summed E-state index contributed by atoms with van der Waals surface area (Å²) in [7, 11) is 1.65. The van der Waals surface area contributed by atoms with E-state index in [1.54, 1.807) is 36.2 Å². The van der Waals surface area contributed by atoms with Gasteiger partial charge in [0.15, 0.2) is 5.65 Å². The summed E-state index contributed by atoms with van der Waals surface area (Å²) in [6.45, 7) is 1.12. The lowest BCUT2D eigenvalue weighted by molar-refractivity contribution is -0.0349. The second-order valence-corrected chi connectivity index (χ2v) is 4.70. The van der Waals surface area contributed by atoms with Crippen LogP contribution in [0.4, 0.5) is 0 Å². The van der Waals surface area contributed by atoms with Crippen LogP contribution in [-0.4, -0.2) is 53.0 Å². The van der Waals surface area contributed by atoms with Crippen LogP contribution in [0.3, 0.4) is 0 Å². The molecule has 2 aromatic heterocycles. The van der Waals surface area contributed by atoms with Crippen molar-refractivity contribution in [1.29, 1.82) is 0 Å². The summed E-state index contributed by atoms with van der Waals surface area (Å²) in [5.74, 6) is -0.193. The molecule has 3 rings (SSSR count). The summed E-state index contributed by atoms with van der Waals surface area (Å²) < 4.78 is 12.5. The summed E-state index contributed by atoms with van der Waals surface area (Å²) >= 11 is 0. The maximum absolute atomic E-state index is 12.4. The molecule has 0 radical (unpaired) electrons. The minimum absolute atomic E-state index is 0.0229. The number of rotatable bonds is 3. The molecule has 0 unspecified atom stereocenters. The van der Waals surface area contributed by atoms with E-state index in [1.807, 2.05) is 0 Å². The Hall–Kier alpha value is -1.99. The van der Waals surface area contributed by atoms with Gasteiger partial charge in [0.2, 0.25) is 0 Å². The van der Waals surface area contributed by atoms with E-state index in [0.717, 1.165) is 6.42 Å². The van der Waals surface area contributed by atoms with Gasteiger partial charge in [-0.3, -0.25) is 9.20 Å². The van der Waals surface area contributed by atoms with E-state index in [-0.39, 0.29) is 18.1 Å². The van der Waals surface area contributed by atoms with Crippen LogP contribution < -0.4 is 5.32 Å². The molecule has 1 fully saturated rings. The van der Waals surface area contributed by atoms with Crippen molar-refractivity contribution in [3.8, 4) is 0 Å². The number of methoxy groups -OCH3 is 1. The van der Waals surface area contributed by atoms with E-state index in [2.05, 4.69) is 15.5 Å². The Balaban J connectivity index is 1.80. The summed E-state index contributed by atoms with van der Waals surface area (Å²) in [5, 5.41) is 10.7. The number of ether oxygens (including phenoxy) is 2. The first-order chi connectivity index (χ1) is 9.79. The van der Waals surface area contributed by atoms with Crippen LogP contribution in [0.1, 0.15) is 16.8 Å². The largest absolute Gasteiger partial charge is 0.379 e. The third-order valence-electron chi connectivity index (χ3n) is 3.48. The summed E-state index contributed by atoms with van der Waals surface area (Å²) in [5.41, 5.74) is 1.03. The van der Waals surface area contributed by atoms with Crippen LogP contribution in [-0.2, 0) is 9.47 Å². The van der Waals surface area contributed by atoms with Crippen molar-refractivity contribution in [3.05, 3.63) is 30.2 Å². The number of amides is 1. The minimum Gasteiger partial charge on any atom is -0.379 e. The van der Waals surface area contributed by atoms with Crippen molar-refractivity contribution < 1.29 is 14.3 Å². The van der Waals surface area contributed by atoms with Gasteiger partial charge in [-0.2, -0.15) is 0 Å². The van der Waals surface area contributed by atoms with Crippen molar-refractivity contribution in [2.45, 2.75) is 18.6 Å². The second-order valence-electron chi connectivity index (χ2n) is 4.70. The lowest BCUT2D eigenvalue weighted by atomic mass is 10.1. The van der Waals surface area contributed by atoms with Gasteiger partial charge in [0.05, 0.1) is 24.3 Å². The standard InChI is InChI=1S/C13H16N4O3/c1-19-11-4-6-20-7-10(11)15-13(18)9-3-2-5-17-8-14-16-12(9)17/h2-3,5,8,10-11H,4,6-7H2,1H3,(H,15,18)/t10-,11-/m1/s1. The summed E-state index contributed by atoms with van der Waals surface area (Å²) in [6, 6.07) is 3.37. The zero-order valence-electron chi connectivity index (χ0n) is 11.2. The first-order valence-corrected chi connectivity index (χ1v) is 6.49. The van der Waals surface area contributed by atoms with Gasteiger partial charge in [-0.15, -0.1) is 10.2 Å². The summed E-state index contributed by atoms with van der Waals surface area (Å²) in [6.07, 6.45) is 4.11. The molecule has 0 bridgehead atoms. The number of pyridine rings is 1. The maximum atomic E-state index is 12.4. The molecule has 1 saturated heterocycles. The number of hydrogen-bond donors (Lipinski definition) is 1. The molecular weight excluding hydrogens is 260 g/mol. The number of nitrogens with zero attached hydrogens (tertiary/aromatic N) is 3. The molecule has 0 aromatic carbocycles. The lowest BCUT2D eigenvalue weighted by Gasteiger charge is -2.31. The van der Waals surface area contributed by atoms with E-state index in [9.17, 15) is 4.79 Å². The van der Waals surface area contributed by atoms with Crippen molar-refractivity contribution in [1.82, 2.24) is 19.9 Å². The SMILES string of the molecule is CO[C@@H]1CCOC[C@H]1NC(=O)c1cccn2cnnc12. The molecule has 1 amide bonds. The van der Waals surface area contributed by atoms with Gasteiger partial charge < -0.3 is 14.8 Å². The van der Waals surface area contributed by atoms with E-state index in [0.29, 0.717) is 24.4 Å². The normalized spacial score (nSPS) is 22.9. The van der Waals surface area contributed by atoms with Crippen LogP contribution in [0.2, 0.25) is 0 Å². The van der Waals surface area contributed by atoms with Gasteiger partial charge in [-0.25, -0.2) is 0 Å². The fourth-order valence-electron chi connectivity index (χ4n) is 2.41. The molecule has 106 valence electrons. The molecule has 2 aromatic rings. The number of fused-ring (bicyclic) bond motifs is 1. The quantitative estimate of drug-likeness (QED) is 0.870. The number of aromatic nitrogens is 3. The Morgan fingerprint density at radius 1 is 1.60 bits per heavy atom. The number of carbonyl (C=O) groups excluding carboxylic acids is 1. The third kappa shape index (κ3) is 2.37. The van der Waals surface area contributed by atoms with E-state index in [4.69, 9.17) is 9.47 Å². The van der Waals surface area contributed by atoms with Gasteiger partial charge in [0.1, 0.15) is 6.33 Å². The Morgan fingerprint density at radius 3 is 3.35 bits per heavy atom. The highest BCUT2D eigenvalue weighted by Gasteiger charge is 2.28. The van der Waals surface area contributed by atoms with Gasteiger partial charge in [-0.1, -0.05) is 0 Å². The highest BCUT2D eigenvalue weighted by molar-refractivity contribution is 5.99. The zero-order chi connectivity index (χ0) is 13.9. The molecule has 7 nitrogen and oxygen atoms in total. The second kappa shape index (κ2) is 5.56. The van der Waals surface area contributed by atoms with Crippen molar-refractivity contribution in [2.75, 3.05) is 20.3 Å². The molecule has 2 atom stereocenters. The molecule has 0 spiro atoms. The van der Waals surface area contributed by atoms with Gasteiger partial charge >= 0.3 is 0 Å². The average molecular weight is 276 g/mol.